The number of nitrogens with zero attached hydrogens (tertiary/aromatic N) is 3. The van der Waals surface area contributed by atoms with Gasteiger partial charge < -0.3 is 4.74 Å². The highest BCUT2D eigenvalue weighted by Crippen LogP contribution is 2.28. The van der Waals surface area contributed by atoms with Crippen LogP contribution in [0.1, 0.15) is 11.3 Å². The molecule has 0 amide bonds. The molecule has 94 valence electrons. The number of benzene rings is 1. The Kier molecular flexibility index (Phi) is 3.69. The molecule has 1 aromatic carbocycles. The average Bonchev–Trinajstić information content (AvgIpc) is 2.46. The zero-order valence-corrected chi connectivity index (χ0v) is 9.81. The molecule has 0 saturated heterocycles. The fourth-order valence-corrected chi connectivity index (χ4v) is 1.49. The lowest BCUT2D eigenvalue weighted by molar-refractivity contribution is -0.386. The lowest BCUT2D eigenvalue weighted by Gasteiger charge is -2.06. The minimum Gasteiger partial charge on any atom is -0.480 e. The number of hydrogen-bond acceptors (Lipinski definition) is 5. The highest BCUT2D eigenvalue weighted by atomic mass is 16.6. The van der Waals surface area contributed by atoms with Gasteiger partial charge in [0.15, 0.2) is 5.75 Å². The molecule has 0 saturated carbocycles. The van der Waals surface area contributed by atoms with Crippen molar-refractivity contribution in [2.45, 2.75) is 6.61 Å². The maximum absolute atomic E-state index is 10.9. The van der Waals surface area contributed by atoms with Gasteiger partial charge in [-0.3, -0.25) is 15.1 Å². The summed E-state index contributed by atoms with van der Waals surface area (Å²) in [5, 5.41) is 19.6. The molecule has 0 N–H and O–H groups in total. The standard InChI is InChI=1S/C13H9N3O3/c14-8-10-4-5-13(12(7-10)16(17)18)19-9-11-3-1-2-6-15-11/h1-7H,9H2. The van der Waals surface area contributed by atoms with Crippen LogP contribution in [-0.4, -0.2) is 9.91 Å². The molecule has 0 atom stereocenters. The Morgan fingerprint density at radius 2 is 2.21 bits per heavy atom. The Balaban J connectivity index is 2.21. The Morgan fingerprint density at radius 3 is 2.84 bits per heavy atom. The van der Waals surface area contributed by atoms with E-state index in [4.69, 9.17) is 10.00 Å². The van der Waals surface area contributed by atoms with E-state index in [2.05, 4.69) is 4.98 Å². The van der Waals surface area contributed by atoms with Gasteiger partial charge in [0.25, 0.3) is 0 Å². The van der Waals surface area contributed by atoms with Gasteiger partial charge in [-0.05, 0) is 24.3 Å². The van der Waals surface area contributed by atoms with Gasteiger partial charge in [-0.2, -0.15) is 5.26 Å². The van der Waals surface area contributed by atoms with Crippen LogP contribution in [-0.2, 0) is 6.61 Å². The number of ether oxygens (including phenoxy) is 1. The van der Waals surface area contributed by atoms with Crippen molar-refractivity contribution < 1.29 is 9.66 Å². The van der Waals surface area contributed by atoms with Crippen LogP contribution in [0.4, 0.5) is 5.69 Å². The van der Waals surface area contributed by atoms with Crippen LogP contribution < -0.4 is 4.74 Å². The summed E-state index contributed by atoms with van der Waals surface area (Å²) in [6.07, 6.45) is 1.62. The molecule has 0 fully saturated rings. The van der Waals surface area contributed by atoms with Crippen LogP contribution in [0, 0.1) is 21.4 Å². The van der Waals surface area contributed by atoms with Crippen LogP contribution in [0.25, 0.3) is 0 Å². The molecule has 0 aliphatic rings. The lowest BCUT2D eigenvalue weighted by atomic mass is 10.2. The van der Waals surface area contributed by atoms with Crippen molar-refractivity contribution in [2.75, 3.05) is 0 Å². The van der Waals surface area contributed by atoms with Crippen molar-refractivity contribution in [3.8, 4) is 11.8 Å². The van der Waals surface area contributed by atoms with Crippen LogP contribution in [0.5, 0.6) is 5.75 Å². The van der Waals surface area contributed by atoms with E-state index >= 15 is 0 Å². The SMILES string of the molecule is N#Cc1ccc(OCc2ccccn2)c([N+](=O)[O-])c1. The summed E-state index contributed by atoms with van der Waals surface area (Å²) < 4.78 is 5.37. The molecular formula is C13H9N3O3. The molecule has 1 heterocycles. The topological polar surface area (TPSA) is 89.0 Å². The Morgan fingerprint density at radius 1 is 1.37 bits per heavy atom. The largest absolute Gasteiger partial charge is 0.480 e. The zero-order valence-electron chi connectivity index (χ0n) is 9.81. The molecule has 6 heteroatoms. The third-order valence-electron chi connectivity index (χ3n) is 2.39. The zero-order chi connectivity index (χ0) is 13.7. The van der Waals surface area contributed by atoms with Crippen molar-refractivity contribution in [3.63, 3.8) is 0 Å². The normalized spacial score (nSPS) is 9.63. The number of aromatic nitrogens is 1. The molecular weight excluding hydrogens is 246 g/mol. The Hall–Kier alpha value is -2.94. The molecule has 0 bridgehead atoms. The second-order valence-corrected chi connectivity index (χ2v) is 3.66. The molecule has 1 aromatic heterocycles. The van der Waals surface area contributed by atoms with Gasteiger partial charge in [0.05, 0.1) is 22.2 Å². The van der Waals surface area contributed by atoms with E-state index in [0.29, 0.717) is 5.69 Å². The molecule has 2 rings (SSSR count). The number of nitro benzene ring substituents is 1. The first-order chi connectivity index (χ1) is 9.20. The van der Waals surface area contributed by atoms with E-state index in [1.54, 1.807) is 24.4 Å². The first-order valence-corrected chi connectivity index (χ1v) is 5.42. The number of nitriles is 1. The second kappa shape index (κ2) is 5.60. The van der Waals surface area contributed by atoms with E-state index in [0.717, 1.165) is 0 Å². The lowest BCUT2D eigenvalue weighted by Crippen LogP contribution is -2.00. The molecule has 0 unspecified atom stereocenters. The predicted octanol–water partition coefficient (Wildman–Crippen LogP) is 2.44. The monoisotopic (exact) mass is 255 g/mol. The molecule has 0 aliphatic carbocycles. The van der Waals surface area contributed by atoms with Crippen molar-refractivity contribution in [2.24, 2.45) is 0 Å². The smallest absolute Gasteiger partial charge is 0.312 e. The molecule has 0 aliphatic heterocycles. The van der Waals surface area contributed by atoms with Crippen molar-refractivity contribution in [1.29, 1.82) is 5.26 Å². The second-order valence-electron chi connectivity index (χ2n) is 3.66. The maximum Gasteiger partial charge on any atom is 0.312 e. The molecule has 6 nitrogen and oxygen atoms in total. The summed E-state index contributed by atoms with van der Waals surface area (Å²) in [4.78, 5) is 14.4. The summed E-state index contributed by atoms with van der Waals surface area (Å²) in [7, 11) is 0. The van der Waals surface area contributed by atoms with E-state index in [-0.39, 0.29) is 23.6 Å². The molecule has 0 spiro atoms. The Labute approximate surface area is 109 Å². The third kappa shape index (κ3) is 3.04. The summed E-state index contributed by atoms with van der Waals surface area (Å²) in [6.45, 7) is 0.133. The minimum absolute atomic E-state index is 0.120. The minimum atomic E-state index is -0.575. The number of nitro groups is 1. The van der Waals surface area contributed by atoms with Gasteiger partial charge in [-0.25, -0.2) is 0 Å². The van der Waals surface area contributed by atoms with Crippen molar-refractivity contribution in [1.82, 2.24) is 4.98 Å². The molecule has 19 heavy (non-hydrogen) atoms. The quantitative estimate of drug-likeness (QED) is 0.618. The Bertz CT molecular complexity index is 635. The summed E-state index contributed by atoms with van der Waals surface area (Å²) >= 11 is 0. The van der Waals surface area contributed by atoms with Gasteiger partial charge in [0, 0.05) is 12.3 Å². The summed E-state index contributed by atoms with van der Waals surface area (Å²) in [5.74, 6) is 0.120. The van der Waals surface area contributed by atoms with Crippen molar-refractivity contribution in [3.05, 3.63) is 64.0 Å². The fraction of sp³-hybridized carbons (Fsp3) is 0.0769. The van der Waals surface area contributed by atoms with E-state index in [1.165, 1.54) is 18.2 Å². The summed E-state index contributed by atoms with van der Waals surface area (Å²) in [5.41, 5.74) is 0.660. The average molecular weight is 255 g/mol. The third-order valence-corrected chi connectivity index (χ3v) is 2.39. The van der Waals surface area contributed by atoms with E-state index < -0.39 is 4.92 Å². The van der Waals surface area contributed by atoms with Gasteiger partial charge in [0.1, 0.15) is 6.61 Å². The van der Waals surface area contributed by atoms with Crippen LogP contribution in [0.2, 0.25) is 0 Å². The van der Waals surface area contributed by atoms with Crippen LogP contribution in [0.15, 0.2) is 42.6 Å². The highest BCUT2D eigenvalue weighted by molar-refractivity contribution is 5.51. The highest BCUT2D eigenvalue weighted by Gasteiger charge is 2.16. The predicted molar refractivity (Wildman–Crippen MR) is 66.4 cm³/mol. The van der Waals surface area contributed by atoms with Gasteiger partial charge >= 0.3 is 5.69 Å². The van der Waals surface area contributed by atoms with E-state index in [9.17, 15) is 10.1 Å². The molecule has 2 aromatic rings. The maximum atomic E-state index is 10.9. The van der Waals surface area contributed by atoms with Gasteiger partial charge in [0.2, 0.25) is 0 Å². The first-order valence-electron chi connectivity index (χ1n) is 5.42. The van der Waals surface area contributed by atoms with Crippen molar-refractivity contribution >= 4 is 5.69 Å². The van der Waals surface area contributed by atoms with Crippen LogP contribution >= 0.6 is 0 Å². The summed E-state index contributed by atoms with van der Waals surface area (Å²) in [6, 6.07) is 11.3. The van der Waals surface area contributed by atoms with Gasteiger partial charge in [-0.1, -0.05) is 6.07 Å². The molecule has 0 radical (unpaired) electrons. The van der Waals surface area contributed by atoms with Gasteiger partial charge in [-0.15, -0.1) is 0 Å². The number of pyridine rings is 1. The number of hydrogen-bond donors (Lipinski definition) is 0. The number of rotatable bonds is 4. The first kappa shape index (κ1) is 12.5. The fourth-order valence-electron chi connectivity index (χ4n) is 1.49. The van der Waals surface area contributed by atoms with E-state index in [1.807, 2.05) is 6.07 Å². The van der Waals surface area contributed by atoms with Crippen LogP contribution in [0.3, 0.4) is 0 Å².